The van der Waals surface area contributed by atoms with Crippen molar-refractivity contribution in [3.8, 4) is 0 Å². The molecule has 2 rings (SSSR count). The molecule has 1 aliphatic rings. The molecule has 0 heterocycles. The second-order valence-electron chi connectivity index (χ2n) is 5.04. The van der Waals surface area contributed by atoms with Crippen molar-refractivity contribution in [2.75, 3.05) is 0 Å². The average molecular weight is 253 g/mol. The van der Waals surface area contributed by atoms with Crippen LogP contribution in [0.25, 0.3) is 0 Å². The van der Waals surface area contributed by atoms with Gasteiger partial charge in [-0.3, -0.25) is 4.79 Å². The Hall–Kier alpha value is -1.45. The smallest absolute Gasteiger partial charge is 0.254 e. The van der Waals surface area contributed by atoms with Crippen LogP contribution < -0.4 is 0 Å². The number of hydrogen-bond donors (Lipinski definition) is 0. The van der Waals surface area contributed by atoms with Gasteiger partial charge in [0, 0.05) is 17.6 Å². The average Bonchev–Trinajstić information content (AvgIpc) is 2.26. The van der Waals surface area contributed by atoms with Crippen LogP contribution in [0.15, 0.2) is 24.3 Å². The molecule has 4 heteroatoms. The van der Waals surface area contributed by atoms with Crippen LogP contribution in [0.3, 0.4) is 0 Å². The van der Waals surface area contributed by atoms with Crippen molar-refractivity contribution in [2.45, 2.75) is 44.9 Å². The third kappa shape index (κ3) is 2.52. The summed E-state index contributed by atoms with van der Waals surface area (Å²) in [6, 6.07) is 5.56. The van der Waals surface area contributed by atoms with Gasteiger partial charge < -0.3 is 4.90 Å². The third-order valence-electron chi connectivity index (χ3n) is 3.31. The zero-order valence-electron chi connectivity index (χ0n) is 10.6. The number of benzene rings is 1. The molecule has 0 aromatic heterocycles. The monoisotopic (exact) mass is 253 g/mol. The number of alkyl halides is 1. The van der Waals surface area contributed by atoms with E-state index in [4.69, 9.17) is 0 Å². The Morgan fingerprint density at radius 1 is 1.39 bits per heavy atom. The summed E-state index contributed by atoms with van der Waals surface area (Å²) in [6.07, 6.45) is -0.0325. The summed E-state index contributed by atoms with van der Waals surface area (Å²) >= 11 is 0. The molecule has 1 aliphatic carbocycles. The second-order valence-corrected chi connectivity index (χ2v) is 5.04. The molecular weight excluding hydrogens is 236 g/mol. The molecule has 0 N–H and O–H groups in total. The van der Waals surface area contributed by atoms with Crippen LogP contribution >= 0.6 is 0 Å². The highest BCUT2D eigenvalue weighted by molar-refractivity contribution is 5.94. The van der Waals surface area contributed by atoms with E-state index in [0.717, 1.165) is 0 Å². The predicted molar refractivity (Wildman–Crippen MR) is 65.6 cm³/mol. The molecule has 0 atom stereocenters. The molecule has 1 fully saturated rings. The molecular formula is C14H17F2NO. The minimum absolute atomic E-state index is 0.0155. The minimum Gasteiger partial charge on any atom is -0.333 e. The van der Waals surface area contributed by atoms with Crippen molar-refractivity contribution in [3.05, 3.63) is 35.6 Å². The quantitative estimate of drug-likeness (QED) is 0.810. The van der Waals surface area contributed by atoms with Crippen molar-refractivity contribution in [2.24, 2.45) is 0 Å². The summed E-state index contributed by atoms with van der Waals surface area (Å²) in [5.74, 6) is -0.650. The normalized spacial score (nSPS) is 22.7. The van der Waals surface area contributed by atoms with E-state index in [1.165, 1.54) is 18.2 Å². The third-order valence-corrected chi connectivity index (χ3v) is 3.31. The van der Waals surface area contributed by atoms with Gasteiger partial charge in [-0.1, -0.05) is 6.07 Å². The molecule has 0 bridgehead atoms. The van der Waals surface area contributed by atoms with E-state index in [0.29, 0.717) is 18.4 Å². The van der Waals surface area contributed by atoms with Crippen molar-refractivity contribution < 1.29 is 13.6 Å². The van der Waals surface area contributed by atoms with Gasteiger partial charge in [-0.05, 0) is 44.9 Å². The van der Waals surface area contributed by atoms with Gasteiger partial charge in [-0.15, -0.1) is 0 Å². The Morgan fingerprint density at radius 3 is 2.56 bits per heavy atom. The number of rotatable bonds is 3. The summed E-state index contributed by atoms with van der Waals surface area (Å²) in [6.45, 7) is 3.78. The molecule has 0 saturated heterocycles. The van der Waals surface area contributed by atoms with Crippen molar-refractivity contribution in [1.29, 1.82) is 0 Å². The number of hydrogen-bond acceptors (Lipinski definition) is 1. The Morgan fingerprint density at radius 2 is 2.06 bits per heavy atom. The molecule has 18 heavy (non-hydrogen) atoms. The van der Waals surface area contributed by atoms with Crippen molar-refractivity contribution in [3.63, 3.8) is 0 Å². The second kappa shape index (κ2) is 5.04. The number of halogens is 2. The van der Waals surface area contributed by atoms with E-state index >= 15 is 0 Å². The fourth-order valence-electron chi connectivity index (χ4n) is 2.34. The van der Waals surface area contributed by atoms with Crippen LogP contribution in [0, 0.1) is 5.82 Å². The molecule has 98 valence electrons. The summed E-state index contributed by atoms with van der Waals surface area (Å²) in [4.78, 5) is 14.0. The van der Waals surface area contributed by atoms with E-state index in [1.807, 2.05) is 13.8 Å². The first kappa shape index (κ1) is 13.0. The summed E-state index contributed by atoms with van der Waals surface area (Å²) in [5.41, 5.74) is 0.325. The standard InChI is InChI=1S/C14H17F2NO/c1-9(2)17(13-7-12(16)8-13)14(18)10-4-3-5-11(15)6-10/h3-6,9,12-13H,7-8H2,1-2H3. The molecule has 0 unspecified atom stereocenters. The molecule has 1 aromatic rings. The zero-order valence-corrected chi connectivity index (χ0v) is 10.6. The van der Waals surface area contributed by atoms with Gasteiger partial charge in [0.2, 0.25) is 0 Å². The van der Waals surface area contributed by atoms with E-state index < -0.39 is 12.0 Å². The van der Waals surface area contributed by atoms with Gasteiger partial charge in [0.15, 0.2) is 0 Å². The maximum atomic E-state index is 13.1. The van der Waals surface area contributed by atoms with Crippen LogP contribution in [-0.2, 0) is 0 Å². The van der Waals surface area contributed by atoms with Crippen LogP contribution in [-0.4, -0.2) is 29.1 Å². The number of carbonyl (C=O) groups is 1. The van der Waals surface area contributed by atoms with Crippen LogP contribution in [0.1, 0.15) is 37.0 Å². The Kier molecular flexibility index (Phi) is 3.64. The van der Waals surface area contributed by atoms with E-state index in [2.05, 4.69) is 0 Å². The number of amides is 1. The lowest BCUT2D eigenvalue weighted by molar-refractivity contribution is 0.0266. The van der Waals surface area contributed by atoms with Gasteiger partial charge in [-0.2, -0.15) is 0 Å². The Bertz CT molecular complexity index is 441. The van der Waals surface area contributed by atoms with Gasteiger partial charge >= 0.3 is 0 Å². The molecule has 2 nitrogen and oxygen atoms in total. The SMILES string of the molecule is CC(C)N(C(=O)c1cccc(F)c1)C1CC(F)C1. The van der Waals surface area contributed by atoms with E-state index in [-0.39, 0.29) is 18.0 Å². The summed E-state index contributed by atoms with van der Waals surface area (Å²) in [5, 5.41) is 0. The first-order valence-electron chi connectivity index (χ1n) is 6.21. The molecule has 1 aromatic carbocycles. The fourth-order valence-corrected chi connectivity index (χ4v) is 2.34. The Labute approximate surface area is 106 Å². The summed E-state index contributed by atoms with van der Waals surface area (Å²) in [7, 11) is 0. The first-order chi connectivity index (χ1) is 8.49. The fraction of sp³-hybridized carbons (Fsp3) is 0.500. The highest BCUT2D eigenvalue weighted by Gasteiger charge is 2.37. The molecule has 0 radical (unpaired) electrons. The highest BCUT2D eigenvalue weighted by Crippen LogP contribution is 2.30. The summed E-state index contributed by atoms with van der Waals surface area (Å²) < 4.78 is 26.0. The maximum Gasteiger partial charge on any atom is 0.254 e. The van der Waals surface area contributed by atoms with Crippen molar-refractivity contribution in [1.82, 2.24) is 4.90 Å². The Balaban J connectivity index is 2.18. The topological polar surface area (TPSA) is 20.3 Å². The van der Waals surface area contributed by atoms with Crippen molar-refractivity contribution >= 4 is 5.91 Å². The lowest BCUT2D eigenvalue weighted by atomic mass is 9.88. The van der Waals surface area contributed by atoms with Crippen LogP contribution in [0.5, 0.6) is 0 Å². The molecule has 0 aliphatic heterocycles. The van der Waals surface area contributed by atoms with E-state index in [9.17, 15) is 13.6 Å². The lowest BCUT2D eigenvalue weighted by Gasteiger charge is -2.42. The van der Waals surface area contributed by atoms with Crippen LogP contribution in [0.4, 0.5) is 8.78 Å². The lowest BCUT2D eigenvalue weighted by Crippen LogP contribution is -2.51. The molecule has 0 spiro atoms. The minimum atomic E-state index is -0.809. The largest absolute Gasteiger partial charge is 0.333 e. The number of carbonyl (C=O) groups excluding carboxylic acids is 1. The molecule has 1 saturated carbocycles. The van der Waals surface area contributed by atoms with Gasteiger partial charge in [0.05, 0.1) is 0 Å². The van der Waals surface area contributed by atoms with Gasteiger partial charge in [0.25, 0.3) is 5.91 Å². The van der Waals surface area contributed by atoms with E-state index in [1.54, 1.807) is 11.0 Å². The first-order valence-corrected chi connectivity index (χ1v) is 6.21. The highest BCUT2D eigenvalue weighted by atomic mass is 19.1. The van der Waals surface area contributed by atoms with Gasteiger partial charge in [-0.25, -0.2) is 8.78 Å². The predicted octanol–water partition coefficient (Wildman–Crippen LogP) is 3.18. The van der Waals surface area contributed by atoms with Gasteiger partial charge in [0.1, 0.15) is 12.0 Å². The van der Waals surface area contributed by atoms with Crippen LogP contribution in [0.2, 0.25) is 0 Å². The zero-order chi connectivity index (χ0) is 13.3. The number of nitrogens with zero attached hydrogens (tertiary/aromatic N) is 1. The molecule has 1 amide bonds. The maximum absolute atomic E-state index is 13.1.